The third-order valence-corrected chi connectivity index (χ3v) is 2.86. The molecule has 4 heteroatoms. The van der Waals surface area contributed by atoms with E-state index >= 15 is 0 Å². The summed E-state index contributed by atoms with van der Waals surface area (Å²) in [5.74, 6) is 5.48. The van der Waals surface area contributed by atoms with Gasteiger partial charge in [0.1, 0.15) is 0 Å². The molecule has 106 valence electrons. The van der Waals surface area contributed by atoms with Gasteiger partial charge in [0.2, 0.25) is 0 Å². The standard InChI is InChI=1S/C17H11F3O/c1-12(21)16-5-3-2-4-14(16)9-6-13-7-10-15(11-8-13)17(18,19)20/h2-5,7-8,10-11H,1H3. The van der Waals surface area contributed by atoms with Crippen LogP contribution in [0.1, 0.15) is 34.0 Å². The van der Waals surface area contributed by atoms with Gasteiger partial charge in [-0.1, -0.05) is 30.0 Å². The third-order valence-electron chi connectivity index (χ3n) is 2.86. The average molecular weight is 288 g/mol. The quantitative estimate of drug-likeness (QED) is 0.564. The van der Waals surface area contributed by atoms with E-state index in [-0.39, 0.29) is 5.78 Å². The van der Waals surface area contributed by atoms with Crippen LogP contribution in [0.4, 0.5) is 13.2 Å². The van der Waals surface area contributed by atoms with Crippen LogP contribution in [-0.2, 0) is 6.18 Å². The molecule has 0 N–H and O–H groups in total. The first-order chi connectivity index (χ1) is 9.88. The van der Waals surface area contributed by atoms with Crippen LogP contribution in [-0.4, -0.2) is 5.78 Å². The zero-order valence-electron chi connectivity index (χ0n) is 11.2. The van der Waals surface area contributed by atoms with E-state index in [2.05, 4.69) is 11.8 Å². The molecule has 0 aliphatic carbocycles. The number of alkyl halides is 3. The maximum absolute atomic E-state index is 12.4. The maximum atomic E-state index is 12.4. The predicted molar refractivity (Wildman–Crippen MR) is 73.9 cm³/mol. The summed E-state index contributed by atoms with van der Waals surface area (Å²) in [5, 5.41) is 0. The van der Waals surface area contributed by atoms with Crippen LogP contribution in [0.25, 0.3) is 0 Å². The van der Waals surface area contributed by atoms with Gasteiger partial charge in [-0.2, -0.15) is 13.2 Å². The van der Waals surface area contributed by atoms with E-state index in [4.69, 9.17) is 0 Å². The third kappa shape index (κ3) is 3.73. The summed E-state index contributed by atoms with van der Waals surface area (Å²) in [7, 11) is 0. The van der Waals surface area contributed by atoms with Gasteiger partial charge in [-0.3, -0.25) is 4.79 Å². The Labute approximate surface area is 120 Å². The van der Waals surface area contributed by atoms with Gasteiger partial charge in [0.05, 0.1) is 5.56 Å². The summed E-state index contributed by atoms with van der Waals surface area (Å²) in [4.78, 5) is 11.4. The van der Waals surface area contributed by atoms with Crippen molar-refractivity contribution in [2.75, 3.05) is 0 Å². The molecule has 0 heterocycles. The van der Waals surface area contributed by atoms with Crippen molar-refractivity contribution in [3.63, 3.8) is 0 Å². The summed E-state index contributed by atoms with van der Waals surface area (Å²) in [6.45, 7) is 1.44. The smallest absolute Gasteiger partial charge is 0.294 e. The molecule has 0 aliphatic rings. The molecule has 21 heavy (non-hydrogen) atoms. The average Bonchev–Trinajstić information content (AvgIpc) is 2.45. The molecule has 0 saturated carbocycles. The lowest BCUT2D eigenvalue weighted by Crippen LogP contribution is -2.04. The molecule has 0 saturated heterocycles. The monoisotopic (exact) mass is 288 g/mol. The second kappa shape index (κ2) is 5.84. The number of hydrogen-bond acceptors (Lipinski definition) is 1. The van der Waals surface area contributed by atoms with Crippen LogP contribution in [0.3, 0.4) is 0 Å². The second-order valence-electron chi connectivity index (χ2n) is 4.43. The van der Waals surface area contributed by atoms with Gasteiger partial charge in [0.15, 0.2) is 5.78 Å². The van der Waals surface area contributed by atoms with Crippen LogP contribution in [0, 0.1) is 11.8 Å². The highest BCUT2D eigenvalue weighted by molar-refractivity contribution is 5.96. The van der Waals surface area contributed by atoms with E-state index in [1.54, 1.807) is 24.3 Å². The number of hydrogen-bond donors (Lipinski definition) is 0. The number of ketones is 1. The molecule has 0 unspecified atom stereocenters. The Morgan fingerprint density at radius 3 is 2.14 bits per heavy atom. The fraction of sp³-hybridized carbons (Fsp3) is 0.118. The Balaban J connectivity index is 2.30. The minimum Gasteiger partial charge on any atom is -0.294 e. The summed E-state index contributed by atoms with van der Waals surface area (Å²) in [6, 6.07) is 11.5. The topological polar surface area (TPSA) is 17.1 Å². The Hall–Kier alpha value is -2.54. The Morgan fingerprint density at radius 1 is 0.952 bits per heavy atom. The van der Waals surface area contributed by atoms with Crippen molar-refractivity contribution in [3.05, 3.63) is 70.8 Å². The lowest BCUT2D eigenvalue weighted by Gasteiger charge is -2.05. The van der Waals surface area contributed by atoms with Crippen LogP contribution in [0.2, 0.25) is 0 Å². The van der Waals surface area contributed by atoms with E-state index in [1.807, 2.05) is 0 Å². The molecule has 0 spiro atoms. The first-order valence-corrected chi connectivity index (χ1v) is 6.17. The number of carbonyl (C=O) groups excluding carboxylic acids is 1. The number of Topliss-reactive ketones (excluding diaryl/α,β-unsaturated/α-hetero) is 1. The highest BCUT2D eigenvalue weighted by Gasteiger charge is 2.29. The van der Waals surface area contributed by atoms with Crippen molar-refractivity contribution in [2.24, 2.45) is 0 Å². The fourth-order valence-electron chi connectivity index (χ4n) is 1.78. The molecule has 1 nitrogen and oxygen atoms in total. The largest absolute Gasteiger partial charge is 0.416 e. The van der Waals surface area contributed by atoms with E-state index in [0.29, 0.717) is 16.7 Å². The van der Waals surface area contributed by atoms with Gasteiger partial charge in [-0.25, -0.2) is 0 Å². The number of halogens is 3. The first kappa shape index (κ1) is 14.9. The summed E-state index contributed by atoms with van der Waals surface area (Å²) in [6.07, 6.45) is -4.35. The minimum absolute atomic E-state index is 0.104. The number of carbonyl (C=O) groups is 1. The van der Waals surface area contributed by atoms with E-state index in [0.717, 1.165) is 12.1 Å². The zero-order valence-corrected chi connectivity index (χ0v) is 11.2. The van der Waals surface area contributed by atoms with Crippen LogP contribution < -0.4 is 0 Å². The van der Waals surface area contributed by atoms with Crippen LogP contribution >= 0.6 is 0 Å². The highest BCUT2D eigenvalue weighted by Crippen LogP contribution is 2.28. The SMILES string of the molecule is CC(=O)c1ccccc1C#Cc1ccc(C(F)(F)F)cc1. The van der Waals surface area contributed by atoms with Crippen molar-refractivity contribution in [2.45, 2.75) is 13.1 Å². The van der Waals surface area contributed by atoms with Gasteiger partial charge < -0.3 is 0 Å². The van der Waals surface area contributed by atoms with E-state index < -0.39 is 11.7 Å². The lowest BCUT2D eigenvalue weighted by atomic mass is 10.0. The predicted octanol–water partition coefficient (Wildman–Crippen LogP) is 4.31. The maximum Gasteiger partial charge on any atom is 0.416 e. The molecule has 0 aliphatic heterocycles. The Morgan fingerprint density at radius 2 is 1.57 bits per heavy atom. The lowest BCUT2D eigenvalue weighted by molar-refractivity contribution is -0.137. The molecular formula is C17H11F3O. The van der Waals surface area contributed by atoms with Crippen LogP contribution in [0.5, 0.6) is 0 Å². The van der Waals surface area contributed by atoms with Crippen molar-refractivity contribution in [1.29, 1.82) is 0 Å². The minimum atomic E-state index is -4.35. The molecule has 0 radical (unpaired) electrons. The van der Waals surface area contributed by atoms with Crippen molar-refractivity contribution in [1.82, 2.24) is 0 Å². The van der Waals surface area contributed by atoms with Crippen molar-refractivity contribution in [3.8, 4) is 11.8 Å². The Kier molecular flexibility index (Phi) is 4.13. The van der Waals surface area contributed by atoms with E-state index in [9.17, 15) is 18.0 Å². The van der Waals surface area contributed by atoms with Gasteiger partial charge >= 0.3 is 6.18 Å². The van der Waals surface area contributed by atoms with Crippen molar-refractivity contribution < 1.29 is 18.0 Å². The molecule has 2 aromatic carbocycles. The fourth-order valence-corrected chi connectivity index (χ4v) is 1.78. The Bertz CT molecular complexity index is 716. The highest BCUT2D eigenvalue weighted by atomic mass is 19.4. The summed E-state index contributed by atoms with van der Waals surface area (Å²) in [5.41, 5.74) is 0.806. The number of rotatable bonds is 1. The molecular weight excluding hydrogens is 277 g/mol. The summed E-state index contributed by atoms with van der Waals surface area (Å²) < 4.78 is 37.3. The second-order valence-corrected chi connectivity index (χ2v) is 4.43. The summed E-state index contributed by atoms with van der Waals surface area (Å²) >= 11 is 0. The molecule has 0 atom stereocenters. The molecule has 0 aromatic heterocycles. The molecule has 0 amide bonds. The molecule has 0 fully saturated rings. The van der Waals surface area contributed by atoms with E-state index in [1.165, 1.54) is 19.1 Å². The normalized spacial score (nSPS) is 10.7. The van der Waals surface area contributed by atoms with Gasteiger partial charge in [0, 0.05) is 16.7 Å². The van der Waals surface area contributed by atoms with Gasteiger partial charge in [-0.05, 0) is 37.3 Å². The molecule has 2 aromatic rings. The first-order valence-electron chi connectivity index (χ1n) is 6.17. The van der Waals surface area contributed by atoms with Gasteiger partial charge in [-0.15, -0.1) is 0 Å². The van der Waals surface area contributed by atoms with Crippen molar-refractivity contribution >= 4 is 5.78 Å². The number of benzene rings is 2. The zero-order chi connectivity index (χ0) is 15.5. The van der Waals surface area contributed by atoms with Gasteiger partial charge in [0.25, 0.3) is 0 Å². The molecule has 2 rings (SSSR count). The molecule has 0 bridgehead atoms. The van der Waals surface area contributed by atoms with Crippen LogP contribution in [0.15, 0.2) is 48.5 Å².